The van der Waals surface area contributed by atoms with Crippen LogP contribution in [0.2, 0.25) is 0 Å². The van der Waals surface area contributed by atoms with Gasteiger partial charge in [-0.3, -0.25) is 4.72 Å². The lowest BCUT2D eigenvalue weighted by atomic mass is 9.99. The molecule has 0 radical (unpaired) electrons. The summed E-state index contributed by atoms with van der Waals surface area (Å²) in [6.07, 6.45) is 0.986. The van der Waals surface area contributed by atoms with Gasteiger partial charge in [-0.2, -0.15) is 0 Å². The quantitative estimate of drug-likeness (QED) is 0.902. The Bertz CT molecular complexity index is 711. The average molecular weight is 307 g/mol. The van der Waals surface area contributed by atoms with Crippen molar-refractivity contribution in [1.29, 1.82) is 0 Å². The average Bonchev–Trinajstić information content (AvgIpc) is 2.49. The topological polar surface area (TPSA) is 46.2 Å². The lowest BCUT2D eigenvalue weighted by Crippen LogP contribution is -2.14. The molecule has 0 amide bonds. The van der Waals surface area contributed by atoms with Crippen LogP contribution in [-0.2, 0) is 10.0 Å². The van der Waals surface area contributed by atoms with Crippen molar-refractivity contribution < 1.29 is 12.8 Å². The van der Waals surface area contributed by atoms with Gasteiger partial charge in [-0.05, 0) is 42.2 Å². The number of sulfonamides is 1. The number of nitrogens with one attached hydrogen (secondary N) is 1. The molecule has 0 aliphatic heterocycles. The summed E-state index contributed by atoms with van der Waals surface area (Å²) in [4.78, 5) is 0.123. The van der Waals surface area contributed by atoms with E-state index in [9.17, 15) is 12.8 Å². The molecule has 0 saturated heterocycles. The Morgan fingerprint density at radius 2 is 1.71 bits per heavy atom. The van der Waals surface area contributed by atoms with Gasteiger partial charge < -0.3 is 0 Å². The smallest absolute Gasteiger partial charge is 0.261 e. The van der Waals surface area contributed by atoms with E-state index in [0.717, 1.165) is 12.0 Å². The molecule has 0 aromatic heterocycles. The Balaban J connectivity index is 2.26. The molecule has 0 bridgehead atoms. The Morgan fingerprint density at radius 1 is 1.10 bits per heavy atom. The number of hydrogen-bond donors (Lipinski definition) is 1. The summed E-state index contributed by atoms with van der Waals surface area (Å²) in [7, 11) is -3.78. The summed E-state index contributed by atoms with van der Waals surface area (Å²) in [5.41, 5.74) is 1.03. The Kier molecular flexibility index (Phi) is 4.63. The first-order chi connectivity index (χ1) is 9.94. The first-order valence-corrected chi connectivity index (χ1v) is 8.29. The fourth-order valence-corrected chi connectivity index (χ4v) is 3.03. The molecule has 21 heavy (non-hydrogen) atoms. The van der Waals surface area contributed by atoms with Gasteiger partial charge in [0.2, 0.25) is 0 Å². The van der Waals surface area contributed by atoms with Crippen molar-refractivity contribution >= 4 is 15.7 Å². The molecule has 5 heteroatoms. The van der Waals surface area contributed by atoms with Crippen LogP contribution in [0.1, 0.15) is 31.7 Å². The Hall–Kier alpha value is -1.88. The second kappa shape index (κ2) is 6.26. The monoisotopic (exact) mass is 307 g/mol. The fraction of sp³-hybridized carbons (Fsp3) is 0.250. The van der Waals surface area contributed by atoms with Gasteiger partial charge >= 0.3 is 0 Å². The predicted octanol–water partition coefficient (Wildman–Crippen LogP) is 4.14. The van der Waals surface area contributed by atoms with E-state index in [-0.39, 0.29) is 10.6 Å². The van der Waals surface area contributed by atoms with Gasteiger partial charge in [-0.15, -0.1) is 0 Å². The second-order valence-electron chi connectivity index (χ2n) is 4.96. The molecule has 2 aromatic rings. The molecule has 3 nitrogen and oxygen atoms in total. The predicted molar refractivity (Wildman–Crippen MR) is 82.4 cm³/mol. The number of halogens is 1. The van der Waals surface area contributed by atoms with Gasteiger partial charge in [0, 0.05) is 0 Å². The van der Waals surface area contributed by atoms with E-state index in [1.165, 1.54) is 18.2 Å². The highest BCUT2D eigenvalue weighted by molar-refractivity contribution is 7.92. The lowest BCUT2D eigenvalue weighted by Gasteiger charge is -2.11. The Labute approximate surface area is 124 Å². The van der Waals surface area contributed by atoms with E-state index in [0.29, 0.717) is 5.92 Å². The maximum Gasteiger partial charge on any atom is 0.261 e. The fourth-order valence-electron chi connectivity index (χ4n) is 1.96. The molecule has 1 unspecified atom stereocenters. The van der Waals surface area contributed by atoms with Crippen molar-refractivity contribution in [1.82, 2.24) is 0 Å². The van der Waals surface area contributed by atoms with Crippen molar-refractivity contribution in [3.05, 3.63) is 59.9 Å². The van der Waals surface area contributed by atoms with Crippen molar-refractivity contribution in [2.24, 2.45) is 0 Å². The summed E-state index contributed by atoms with van der Waals surface area (Å²) in [6.45, 7) is 4.16. The number of hydrogen-bond acceptors (Lipinski definition) is 2. The van der Waals surface area contributed by atoms with E-state index < -0.39 is 15.8 Å². The van der Waals surface area contributed by atoms with Crippen LogP contribution in [0, 0.1) is 5.82 Å². The largest absolute Gasteiger partial charge is 0.277 e. The SMILES string of the molecule is CCC(C)c1ccc(S(=O)(=O)Nc2ccccc2F)cc1. The van der Waals surface area contributed by atoms with Gasteiger partial charge in [0.05, 0.1) is 10.6 Å². The van der Waals surface area contributed by atoms with Gasteiger partial charge in [-0.1, -0.05) is 38.1 Å². The zero-order valence-corrected chi connectivity index (χ0v) is 12.8. The van der Waals surface area contributed by atoms with E-state index >= 15 is 0 Å². The maximum absolute atomic E-state index is 13.5. The van der Waals surface area contributed by atoms with Crippen LogP contribution in [-0.4, -0.2) is 8.42 Å². The minimum Gasteiger partial charge on any atom is -0.277 e. The summed E-state index contributed by atoms with van der Waals surface area (Å²) in [5, 5.41) is 0. The van der Waals surface area contributed by atoms with E-state index in [1.807, 2.05) is 0 Å². The third kappa shape index (κ3) is 3.61. The summed E-state index contributed by atoms with van der Waals surface area (Å²) < 4.78 is 40.2. The lowest BCUT2D eigenvalue weighted by molar-refractivity contribution is 0.598. The minimum atomic E-state index is -3.78. The van der Waals surface area contributed by atoms with E-state index in [4.69, 9.17) is 0 Å². The van der Waals surface area contributed by atoms with Crippen molar-refractivity contribution in [2.75, 3.05) is 4.72 Å². The highest BCUT2D eigenvalue weighted by Crippen LogP contribution is 2.22. The van der Waals surface area contributed by atoms with Crippen molar-refractivity contribution in [3.63, 3.8) is 0 Å². The van der Waals surface area contributed by atoms with Crippen molar-refractivity contribution in [3.8, 4) is 0 Å². The standard InChI is InChI=1S/C16H18FNO2S/c1-3-12(2)13-8-10-14(11-9-13)21(19,20)18-16-7-5-4-6-15(16)17/h4-12,18H,3H2,1-2H3. The number of rotatable bonds is 5. The molecule has 112 valence electrons. The molecule has 0 heterocycles. The van der Waals surface area contributed by atoms with Gasteiger partial charge in [0.25, 0.3) is 10.0 Å². The number of anilines is 1. The molecule has 0 spiro atoms. The van der Waals surface area contributed by atoms with Crippen LogP contribution < -0.4 is 4.72 Å². The molecule has 2 rings (SSSR count). The summed E-state index contributed by atoms with van der Waals surface area (Å²) in [5.74, 6) is -0.224. The molecule has 1 atom stereocenters. The zero-order chi connectivity index (χ0) is 15.5. The Morgan fingerprint density at radius 3 is 2.29 bits per heavy atom. The molecule has 0 fully saturated rings. The van der Waals surface area contributed by atoms with Gasteiger partial charge in [0.1, 0.15) is 5.82 Å². The van der Waals surface area contributed by atoms with Gasteiger partial charge in [-0.25, -0.2) is 12.8 Å². The van der Waals surface area contributed by atoms with Crippen LogP contribution in [0.5, 0.6) is 0 Å². The molecule has 1 N–H and O–H groups in total. The number of para-hydroxylation sites is 1. The van der Waals surface area contributed by atoms with Crippen LogP contribution in [0.25, 0.3) is 0 Å². The van der Waals surface area contributed by atoms with E-state index in [1.54, 1.807) is 30.3 Å². The number of benzene rings is 2. The summed E-state index contributed by atoms with van der Waals surface area (Å²) >= 11 is 0. The first kappa shape index (κ1) is 15.5. The third-order valence-electron chi connectivity index (χ3n) is 3.49. The maximum atomic E-state index is 13.5. The first-order valence-electron chi connectivity index (χ1n) is 6.81. The molecular formula is C16H18FNO2S. The minimum absolute atomic E-state index is 0.0523. The molecule has 0 aliphatic carbocycles. The molecule has 0 saturated carbocycles. The van der Waals surface area contributed by atoms with Crippen LogP contribution >= 0.6 is 0 Å². The highest BCUT2D eigenvalue weighted by Gasteiger charge is 2.16. The van der Waals surface area contributed by atoms with Crippen LogP contribution in [0.3, 0.4) is 0 Å². The normalized spacial score (nSPS) is 12.9. The molecule has 2 aromatic carbocycles. The highest BCUT2D eigenvalue weighted by atomic mass is 32.2. The van der Waals surface area contributed by atoms with Crippen LogP contribution in [0.4, 0.5) is 10.1 Å². The zero-order valence-electron chi connectivity index (χ0n) is 12.0. The molecule has 0 aliphatic rings. The third-order valence-corrected chi connectivity index (χ3v) is 4.87. The van der Waals surface area contributed by atoms with E-state index in [2.05, 4.69) is 18.6 Å². The van der Waals surface area contributed by atoms with Crippen LogP contribution in [0.15, 0.2) is 53.4 Å². The van der Waals surface area contributed by atoms with Gasteiger partial charge in [0.15, 0.2) is 0 Å². The summed E-state index contributed by atoms with van der Waals surface area (Å²) in [6, 6.07) is 12.4. The second-order valence-corrected chi connectivity index (χ2v) is 6.65. The van der Waals surface area contributed by atoms with Crippen molar-refractivity contribution in [2.45, 2.75) is 31.1 Å². The molecular weight excluding hydrogens is 289 g/mol.